The molecule has 2 aromatic rings. The molecule has 0 aliphatic heterocycles. The molecule has 1 heterocycles. The van der Waals surface area contributed by atoms with Crippen molar-refractivity contribution in [3.8, 4) is 0 Å². The molecule has 0 unspecified atom stereocenters. The molecular formula is C15H20N2O3S. The monoisotopic (exact) mass is 308 g/mol. The highest BCUT2D eigenvalue weighted by molar-refractivity contribution is 7.89. The van der Waals surface area contributed by atoms with Gasteiger partial charge in [0.25, 0.3) is 0 Å². The summed E-state index contributed by atoms with van der Waals surface area (Å²) in [5.41, 5.74) is 1.99. The first-order valence-corrected chi connectivity index (χ1v) is 8.57. The van der Waals surface area contributed by atoms with Crippen LogP contribution >= 0.6 is 0 Å². The summed E-state index contributed by atoms with van der Waals surface area (Å²) in [5, 5.41) is 3.60. The van der Waals surface area contributed by atoms with Crippen molar-refractivity contribution >= 4 is 9.84 Å². The van der Waals surface area contributed by atoms with Crippen LogP contribution in [-0.2, 0) is 26.8 Å². The Morgan fingerprint density at radius 3 is 2.19 bits per heavy atom. The zero-order chi connectivity index (χ0) is 15.7. The van der Waals surface area contributed by atoms with E-state index in [1.165, 1.54) is 5.56 Å². The molecular weight excluding hydrogens is 288 g/mol. The van der Waals surface area contributed by atoms with Crippen molar-refractivity contribution in [1.29, 1.82) is 0 Å². The van der Waals surface area contributed by atoms with Crippen LogP contribution in [0.25, 0.3) is 0 Å². The highest BCUT2D eigenvalue weighted by atomic mass is 32.2. The largest absolute Gasteiger partial charge is 0.338 e. The van der Waals surface area contributed by atoms with E-state index in [0.29, 0.717) is 5.82 Å². The first kappa shape index (κ1) is 15.7. The van der Waals surface area contributed by atoms with Crippen molar-refractivity contribution in [2.75, 3.05) is 0 Å². The summed E-state index contributed by atoms with van der Waals surface area (Å²) >= 11 is 0. The van der Waals surface area contributed by atoms with Gasteiger partial charge in [0.05, 0.1) is 5.75 Å². The van der Waals surface area contributed by atoms with Crippen molar-refractivity contribution in [3.63, 3.8) is 0 Å². The van der Waals surface area contributed by atoms with Gasteiger partial charge in [0.1, 0.15) is 5.75 Å². The Morgan fingerprint density at radius 1 is 1.10 bits per heavy atom. The van der Waals surface area contributed by atoms with Crippen molar-refractivity contribution in [2.24, 2.45) is 0 Å². The average molecular weight is 308 g/mol. The number of benzene rings is 1. The molecule has 0 amide bonds. The second-order valence-corrected chi connectivity index (χ2v) is 8.28. The summed E-state index contributed by atoms with van der Waals surface area (Å²) < 4.78 is 29.1. The van der Waals surface area contributed by atoms with Gasteiger partial charge >= 0.3 is 0 Å². The van der Waals surface area contributed by atoms with Gasteiger partial charge in [-0.3, -0.25) is 0 Å². The fraction of sp³-hybridized carbons (Fsp3) is 0.467. The van der Waals surface area contributed by atoms with Crippen molar-refractivity contribution in [1.82, 2.24) is 10.1 Å². The lowest BCUT2D eigenvalue weighted by Gasteiger charge is -2.19. The van der Waals surface area contributed by atoms with Crippen LogP contribution in [0.4, 0.5) is 0 Å². The first-order chi connectivity index (χ1) is 9.66. The van der Waals surface area contributed by atoms with Crippen LogP contribution in [0.1, 0.15) is 43.6 Å². The lowest BCUT2D eigenvalue weighted by Crippen LogP contribution is -2.12. The molecule has 0 atom stereocenters. The van der Waals surface area contributed by atoms with Gasteiger partial charge in [0, 0.05) is 0 Å². The quantitative estimate of drug-likeness (QED) is 0.868. The fourth-order valence-electron chi connectivity index (χ4n) is 1.99. The number of rotatable bonds is 4. The second-order valence-electron chi connectivity index (χ2n) is 6.21. The van der Waals surface area contributed by atoms with Gasteiger partial charge < -0.3 is 4.52 Å². The summed E-state index contributed by atoms with van der Waals surface area (Å²) in [4.78, 5) is 3.93. The average Bonchev–Trinajstić information content (AvgIpc) is 2.72. The molecule has 0 aliphatic carbocycles. The minimum absolute atomic E-state index is 0.0289. The lowest BCUT2D eigenvalue weighted by atomic mass is 9.87. The van der Waals surface area contributed by atoms with Gasteiger partial charge in [-0.25, -0.2) is 8.42 Å². The van der Waals surface area contributed by atoms with E-state index in [1.54, 1.807) is 6.92 Å². The number of aromatic nitrogens is 2. The van der Waals surface area contributed by atoms with Crippen LogP contribution in [0.5, 0.6) is 0 Å². The molecule has 1 aromatic carbocycles. The summed E-state index contributed by atoms with van der Waals surface area (Å²) in [5.74, 6) is 0.321. The van der Waals surface area contributed by atoms with Gasteiger partial charge in [0.2, 0.25) is 5.89 Å². The highest BCUT2D eigenvalue weighted by Crippen LogP contribution is 2.23. The smallest absolute Gasteiger partial charge is 0.241 e. The van der Waals surface area contributed by atoms with Gasteiger partial charge in [0.15, 0.2) is 15.7 Å². The maximum absolute atomic E-state index is 12.1. The molecule has 0 aliphatic rings. The molecule has 0 saturated carbocycles. The minimum Gasteiger partial charge on any atom is -0.338 e. The maximum atomic E-state index is 12.1. The molecule has 2 rings (SSSR count). The Kier molecular flexibility index (Phi) is 4.18. The SMILES string of the molecule is Cc1noc(CS(=O)(=O)Cc2ccc(C(C)(C)C)cc2)n1. The molecule has 114 valence electrons. The van der Waals surface area contributed by atoms with E-state index in [0.717, 1.165) is 5.56 Å². The minimum atomic E-state index is -3.32. The molecule has 0 saturated heterocycles. The predicted octanol–water partition coefficient (Wildman–Crippen LogP) is 2.79. The molecule has 1 aromatic heterocycles. The van der Waals surface area contributed by atoms with Crippen LogP contribution < -0.4 is 0 Å². The normalized spacial score (nSPS) is 12.6. The number of aryl methyl sites for hydroxylation is 1. The van der Waals surface area contributed by atoms with E-state index in [4.69, 9.17) is 4.52 Å². The van der Waals surface area contributed by atoms with Crippen LogP contribution in [0.3, 0.4) is 0 Å². The third-order valence-electron chi connectivity index (χ3n) is 3.12. The van der Waals surface area contributed by atoms with Crippen molar-refractivity contribution in [3.05, 3.63) is 47.1 Å². The summed E-state index contributed by atoms with van der Waals surface area (Å²) in [6.07, 6.45) is 0. The predicted molar refractivity (Wildman–Crippen MR) is 80.5 cm³/mol. The van der Waals surface area contributed by atoms with Crippen LogP contribution in [0, 0.1) is 6.92 Å². The zero-order valence-corrected chi connectivity index (χ0v) is 13.6. The molecule has 0 bridgehead atoms. The Hall–Kier alpha value is -1.69. The van der Waals surface area contributed by atoms with Crippen LogP contribution in [0.2, 0.25) is 0 Å². The first-order valence-electron chi connectivity index (χ1n) is 6.75. The summed E-state index contributed by atoms with van der Waals surface area (Å²) in [6, 6.07) is 7.66. The van der Waals surface area contributed by atoms with Crippen molar-refractivity contribution in [2.45, 2.75) is 44.6 Å². The van der Waals surface area contributed by atoms with E-state index in [-0.39, 0.29) is 22.8 Å². The third kappa shape index (κ3) is 4.39. The van der Waals surface area contributed by atoms with Crippen molar-refractivity contribution < 1.29 is 12.9 Å². The molecule has 0 N–H and O–H groups in total. The Bertz CT molecular complexity index is 710. The third-order valence-corrected chi connectivity index (χ3v) is 4.58. The molecule has 0 spiro atoms. The highest BCUT2D eigenvalue weighted by Gasteiger charge is 2.18. The number of hydrogen-bond donors (Lipinski definition) is 0. The number of hydrogen-bond acceptors (Lipinski definition) is 5. The Balaban J connectivity index is 2.10. The fourth-order valence-corrected chi connectivity index (χ4v) is 3.29. The second kappa shape index (κ2) is 5.60. The zero-order valence-electron chi connectivity index (χ0n) is 12.8. The van der Waals surface area contributed by atoms with E-state index in [1.807, 2.05) is 24.3 Å². The molecule has 21 heavy (non-hydrogen) atoms. The molecule has 0 fully saturated rings. The van der Waals surface area contributed by atoms with Gasteiger partial charge in [-0.1, -0.05) is 50.2 Å². The lowest BCUT2D eigenvalue weighted by molar-refractivity contribution is 0.384. The number of nitrogens with zero attached hydrogens (tertiary/aromatic N) is 2. The van der Waals surface area contributed by atoms with Gasteiger partial charge in [-0.05, 0) is 23.5 Å². The maximum Gasteiger partial charge on any atom is 0.241 e. The number of sulfone groups is 1. The van der Waals surface area contributed by atoms with Gasteiger partial charge in [-0.2, -0.15) is 4.98 Å². The van der Waals surface area contributed by atoms with E-state index >= 15 is 0 Å². The van der Waals surface area contributed by atoms with E-state index in [2.05, 4.69) is 30.9 Å². The molecule has 5 nitrogen and oxygen atoms in total. The van der Waals surface area contributed by atoms with Crippen LogP contribution in [0.15, 0.2) is 28.8 Å². The molecule has 0 radical (unpaired) electrons. The Morgan fingerprint density at radius 2 is 1.71 bits per heavy atom. The summed E-state index contributed by atoms with van der Waals surface area (Å²) in [7, 11) is -3.32. The summed E-state index contributed by atoms with van der Waals surface area (Å²) in [6.45, 7) is 8.02. The molecule has 6 heteroatoms. The van der Waals surface area contributed by atoms with E-state index in [9.17, 15) is 8.42 Å². The van der Waals surface area contributed by atoms with Gasteiger partial charge in [-0.15, -0.1) is 0 Å². The van der Waals surface area contributed by atoms with Crippen LogP contribution in [-0.4, -0.2) is 18.6 Å². The van der Waals surface area contributed by atoms with E-state index < -0.39 is 9.84 Å². The topological polar surface area (TPSA) is 73.1 Å². The Labute approximate surface area is 125 Å². The standard InChI is InChI=1S/C15H20N2O3S/c1-11-16-14(20-17-11)10-21(18,19)9-12-5-7-13(8-6-12)15(2,3)4/h5-8H,9-10H2,1-4H3.